The van der Waals surface area contributed by atoms with E-state index in [1.54, 1.807) is 30.6 Å². The Balaban J connectivity index is 1.70. The molecule has 1 heterocycles. The molecule has 0 aliphatic heterocycles. The summed E-state index contributed by atoms with van der Waals surface area (Å²) in [4.78, 5) is 16.2. The summed E-state index contributed by atoms with van der Waals surface area (Å²) < 4.78 is 12.3. The molecule has 26 heavy (non-hydrogen) atoms. The Kier molecular flexibility index (Phi) is 5.23. The van der Waals surface area contributed by atoms with Crippen LogP contribution in [0, 0.1) is 13.8 Å². The number of carbonyl (C=O) groups is 1. The lowest BCUT2D eigenvalue weighted by Crippen LogP contribution is -2.23. The molecule has 136 valence electrons. The summed E-state index contributed by atoms with van der Waals surface area (Å²) in [6.07, 6.45) is 0.967. The van der Waals surface area contributed by atoms with Gasteiger partial charge in [-0.3, -0.25) is 0 Å². The molecule has 0 saturated carbocycles. The molecule has 1 aromatic heterocycles. The summed E-state index contributed by atoms with van der Waals surface area (Å²) in [7, 11) is 1.32. The van der Waals surface area contributed by atoms with Crippen LogP contribution in [0.5, 0.6) is 5.75 Å². The van der Waals surface area contributed by atoms with Crippen molar-refractivity contribution >= 4 is 17.0 Å². The standard InChI is InChI=1S/C20H22N2O4/c1-13-8-17-18(9-14(13)2)22(12-21-17)10-15(23)11-26-19-7-5-4-6-16(19)20(24)25-3/h4-9,12,15,23H,10-11H2,1-3H3. The number of aliphatic hydroxyl groups is 1. The maximum absolute atomic E-state index is 11.8. The van der Waals surface area contributed by atoms with E-state index in [9.17, 15) is 9.90 Å². The van der Waals surface area contributed by atoms with E-state index in [-0.39, 0.29) is 6.61 Å². The molecular formula is C20H22N2O4. The second kappa shape index (κ2) is 7.58. The Morgan fingerprint density at radius 3 is 2.73 bits per heavy atom. The van der Waals surface area contributed by atoms with Crippen molar-refractivity contribution in [2.45, 2.75) is 26.5 Å². The van der Waals surface area contributed by atoms with Gasteiger partial charge in [-0.15, -0.1) is 0 Å². The Hall–Kier alpha value is -2.86. The molecular weight excluding hydrogens is 332 g/mol. The third-order valence-electron chi connectivity index (χ3n) is 4.37. The van der Waals surface area contributed by atoms with Crippen LogP contribution in [0.25, 0.3) is 11.0 Å². The summed E-state index contributed by atoms with van der Waals surface area (Å²) >= 11 is 0. The van der Waals surface area contributed by atoms with Crippen molar-refractivity contribution in [3.63, 3.8) is 0 Å². The first kappa shape index (κ1) is 17.9. The van der Waals surface area contributed by atoms with E-state index in [0.29, 0.717) is 17.9 Å². The highest BCUT2D eigenvalue weighted by Crippen LogP contribution is 2.20. The Bertz CT molecular complexity index is 933. The topological polar surface area (TPSA) is 73.6 Å². The second-order valence-corrected chi connectivity index (χ2v) is 6.27. The molecule has 6 heteroatoms. The number of benzene rings is 2. The molecule has 2 aromatic carbocycles. The fourth-order valence-corrected chi connectivity index (χ4v) is 2.80. The average Bonchev–Trinajstić information content (AvgIpc) is 3.01. The van der Waals surface area contributed by atoms with Gasteiger partial charge in [0.2, 0.25) is 0 Å². The van der Waals surface area contributed by atoms with Crippen LogP contribution in [-0.4, -0.2) is 40.4 Å². The monoisotopic (exact) mass is 354 g/mol. The lowest BCUT2D eigenvalue weighted by atomic mass is 10.1. The molecule has 1 N–H and O–H groups in total. The molecule has 3 rings (SSSR count). The van der Waals surface area contributed by atoms with Gasteiger partial charge in [0.1, 0.15) is 24.0 Å². The number of hydrogen-bond acceptors (Lipinski definition) is 5. The predicted molar refractivity (Wildman–Crippen MR) is 98.5 cm³/mol. The van der Waals surface area contributed by atoms with Crippen LogP contribution in [0.4, 0.5) is 0 Å². The van der Waals surface area contributed by atoms with Crippen molar-refractivity contribution in [3.8, 4) is 5.75 Å². The van der Waals surface area contributed by atoms with Crippen LogP contribution in [0.1, 0.15) is 21.5 Å². The van der Waals surface area contributed by atoms with Gasteiger partial charge in [-0.25, -0.2) is 9.78 Å². The molecule has 0 radical (unpaired) electrons. The van der Waals surface area contributed by atoms with E-state index in [2.05, 4.69) is 24.9 Å². The van der Waals surface area contributed by atoms with Gasteiger partial charge in [0, 0.05) is 0 Å². The van der Waals surface area contributed by atoms with Gasteiger partial charge in [0.15, 0.2) is 0 Å². The molecule has 0 fully saturated rings. The van der Waals surface area contributed by atoms with Gasteiger partial charge in [0.25, 0.3) is 0 Å². The van der Waals surface area contributed by atoms with E-state index in [1.165, 1.54) is 18.2 Å². The van der Waals surface area contributed by atoms with Gasteiger partial charge in [0.05, 0.1) is 31.0 Å². The average molecular weight is 354 g/mol. The molecule has 0 saturated heterocycles. The molecule has 1 unspecified atom stereocenters. The zero-order valence-electron chi connectivity index (χ0n) is 15.1. The van der Waals surface area contributed by atoms with Crippen molar-refractivity contribution in [2.75, 3.05) is 13.7 Å². The van der Waals surface area contributed by atoms with Gasteiger partial charge in [-0.2, -0.15) is 0 Å². The number of aromatic nitrogens is 2. The van der Waals surface area contributed by atoms with Crippen LogP contribution >= 0.6 is 0 Å². The van der Waals surface area contributed by atoms with Crippen molar-refractivity contribution < 1.29 is 19.4 Å². The van der Waals surface area contributed by atoms with Crippen LogP contribution in [-0.2, 0) is 11.3 Å². The van der Waals surface area contributed by atoms with Gasteiger partial charge >= 0.3 is 5.97 Å². The van der Waals surface area contributed by atoms with Gasteiger partial charge < -0.3 is 19.1 Å². The molecule has 0 amide bonds. The highest BCUT2D eigenvalue weighted by atomic mass is 16.5. The number of para-hydroxylation sites is 1. The maximum atomic E-state index is 11.8. The lowest BCUT2D eigenvalue weighted by molar-refractivity contribution is 0.0585. The Labute approximate surface area is 152 Å². The number of aryl methyl sites for hydroxylation is 2. The summed E-state index contributed by atoms with van der Waals surface area (Å²) in [5.41, 5.74) is 4.57. The number of hydrogen-bond donors (Lipinski definition) is 1. The van der Waals surface area contributed by atoms with Gasteiger partial charge in [-0.05, 0) is 49.2 Å². The van der Waals surface area contributed by atoms with Crippen molar-refractivity contribution in [1.29, 1.82) is 0 Å². The maximum Gasteiger partial charge on any atom is 0.341 e. The summed E-state index contributed by atoms with van der Waals surface area (Å²) in [5.74, 6) is -0.0816. The number of carbonyl (C=O) groups excluding carboxylic acids is 1. The predicted octanol–water partition coefficient (Wildman–Crippen LogP) is 2.88. The SMILES string of the molecule is COC(=O)c1ccccc1OCC(O)Cn1cnc2cc(C)c(C)cc21. The first-order valence-electron chi connectivity index (χ1n) is 8.40. The summed E-state index contributed by atoms with van der Waals surface area (Å²) in [6, 6.07) is 10.9. The normalized spacial score (nSPS) is 12.2. The Morgan fingerprint density at radius 2 is 1.96 bits per heavy atom. The van der Waals surface area contributed by atoms with Crippen molar-refractivity contribution in [3.05, 3.63) is 59.4 Å². The number of ether oxygens (including phenoxy) is 2. The second-order valence-electron chi connectivity index (χ2n) is 6.27. The highest BCUT2D eigenvalue weighted by Gasteiger charge is 2.15. The molecule has 3 aromatic rings. The number of methoxy groups -OCH3 is 1. The van der Waals surface area contributed by atoms with E-state index >= 15 is 0 Å². The zero-order chi connectivity index (χ0) is 18.7. The fraction of sp³-hybridized carbons (Fsp3) is 0.300. The molecule has 0 aliphatic carbocycles. The Morgan fingerprint density at radius 1 is 1.23 bits per heavy atom. The quantitative estimate of drug-likeness (QED) is 0.689. The molecule has 0 spiro atoms. The minimum Gasteiger partial charge on any atom is -0.490 e. The number of esters is 1. The van der Waals surface area contributed by atoms with E-state index in [4.69, 9.17) is 9.47 Å². The third kappa shape index (κ3) is 3.70. The van der Waals surface area contributed by atoms with Crippen LogP contribution in [0.15, 0.2) is 42.7 Å². The molecule has 0 bridgehead atoms. The molecule has 0 aliphatic rings. The highest BCUT2D eigenvalue weighted by molar-refractivity contribution is 5.92. The molecule has 6 nitrogen and oxygen atoms in total. The lowest BCUT2D eigenvalue weighted by Gasteiger charge is -2.15. The summed E-state index contributed by atoms with van der Waals surface area (Å²) in [6.45, 7) is 4.50. The number of imidazole rings is 1. The fourth-order valence-electron chi connectivity index (χ4n) is 2.80. The van der Waals surface area contributed by atoms with Crippen molar-refractivity contribution in [2.24, 2.45) is 0 Å². The van der Waals surface area contributed by atoms with Crippen LogP contribution < -0.4 is 4.74 Å². The minimum atomic E-state index is -0.750. The van der Waals surface area contributed by atoms with Crippen molar-refractivity contribution in [1.82, 2.24) is 9.55 Å². The summed E-state index contributed by atoms with van der Waals surface area (Å²) in [5, 5.41) is 10.4. The third-order valence-corrected chi connectivity index (χ3v) is 4.37. The first-order chi connectivity index (χ1) is 12.5. The zero-order valence-corrected chi connectivity index (χ0v) is 15.1. The minimum absolute atomic E-state index is 0.0541. The number of aliphatic hydroxyl groups excluding tert-OH is 1. The smallest absolute Gasteiger partial charge is 0.341 e. The number of nitrogens with zero attached hydrogens (tertiary/aromatic N) is 2. The van der Waals surface area contributed by atoms with E-state index < -0.39 is 12.1 Å². The van der Waals surface area contributed by atoms with E-state index in [1.807, 2.05) is 10.6 Å². The first-order valence-corrected chi connectivity index (χ1v) is 8.40. The van der Waals surface area contributed by atoms with Crippen LogP contribution in [0.2, 0.25) is 0 Å². The molecule has 1 atom stereocenters. The van der Waals surface area contributed by atoms with Gasteiger partial charge in [-0.1, -0.05) is 12.1 Å². The number of rotatable bonds is 6. The van der Waals surface area contributed by atoms with Crippen LogP contribution in [0.3, 0.4) is 0 Å². The van der Waals surface area contributed by atoms with E-state index in [0.717, 1.165) is 11.0 Å². The number of fused-ring (bicyclic) bond motifs is 1. The largest absolute Gasteiger partial charge is 0.490 e.